The maximum atomic E-state index is 13.2. The molecule has 0 amide bonds. The Morgan fingerprint density at radius 2 is 1.66 bits per heavy atom. The summed E-state index contributed by atoms with van der Waals surface area (Å²) in [6, 6.07) is 4.71. The standard InChI is InChI=1S/C17H22FN3.2C2HF3O2/c1-21(11-12-10-17(12)6-2-7-17)8-5-16-19-14-4-3-13(18)9-15(14)20-16;2*3-2(4,5)1(6)7/h3-4,9,12H,2,5-8,10-11H2,1H3,(H,19,20);2*(H,6,7). The summed E-state index contributed by atoms with van der Waals surface area (Å²) in [5.41, 5.74) is 2.40. The molecule has 1 heterocycles. The maximum Gasteiger partial charge on any atom is 0.490 e. The summed E-state index contributed by atoms with van der Waals surface area (Å²) in [5, 5.41) is 14.2. The van der Waals surface area contributed by atoms with E-state index in [1.54, 1.807) is 6.07 Å². The van der Waals surface area contributed by atoms with Crippen LogP contribution in [0.5, 0.6) is 0 Å². The van der Waals surface area contributed by atoms with Gasteiger partial charge in [-0.3, -0.25) is 0 Å². The number of nitrogens with one attached hydrogen (secondary N) is 1. The summed E-state index contributed by atoms with van der Waals surface area (Å²) >= 11 is 0. The first-order valence-electron chi connectivity index (χ1n) is 10.5. The van der Waals surface area contributed by atoms with Crippen LogP contribution in [0.1, 0.15) is 31.5 Å². The number of aromatic nitrogens is 2. The number of benzene rings is 1. The second-order valence-electron chi connectivity index (χ2n) is 8.58. The molecule has 2 saturated carbocycles. The van der Waals surface area contributed by atoms with Gasteiger partial charge in [-0.15, -0.1) is 0 Å². The van der Waals surface area contributed by atoms with E-state index in [0.29, 0.717) is 0 Å². The number of carboxylic acids is 2. The van der Waals surface area contributed by atoms with Crippen molar-refractivity contribution in [3.63, 3.8) is 0 Å². The molecule has 2 fully saturated rings. The highest BCUT2D eigenvalue weighted by atomic mass is 19.4. The van der Waals surface area contributed by atoms with E-state index in [0.717, 1.165) is 41.2 Å². The molecule has 7 nitrogen and oxygen atoms in total. The van der Waals surface area contributed by atoms with E-state index in [2.05, 4.69) is 21.9 Å². The van der Waals surface area contributed by atoms with Gasteiger partial charge in [0, 0.05) is 19.5 Å². The molecule has 0 aliphatic heterocycles. The quantitative estimate of drug-likeness (QED) is 0.502. The third-order valence-electron chi connectivity index (χ3n) is 5.95. The molecule has 0 bridgehead atoms. The number of imidazole rings is 1. The first kappa shape index (κ1) is 28.3. The summed E-state index contributed by atoms with van der Waals surface area (Å²) in [5.74, 6) is -3.84. The number of alkyl halides is 6. The lowest BCUT2D eigenvalue weighted by Gasteiger charge is -2.28. The number of hydrogen-bond donors (Lipinski definition) is 3. The smallest absolute Gasteiger partial charge is 0.475 e. The molecule has 2 aliphatic carbocycles. The fourth-order valence-electron chi connectivity index (χ4n) is 3.85. The average molecular weight is 515 g/mol. The first-order valence-corrected chi connectivity index (χ1v) is 10.5. The van der Waals surface area contributed by atoms with Crippen molar-refractivity contribution < 1.29 is 50.5 Å². The Morgan fingerprint density at radius 1 is 1.11 bits per heavy atom. The zero-order valence-electron chi connectivity index (χ0n) is 18.5. The highest BCUT2D eigenvalue weighted by molar-refractivity contribution is 5.75. The number of H-pyrrole nitrogens is 1. The van der Waals surface area contributed by atoms with Crippen molar-refractivity contribution in [2.24, 2.45) is 11.3 Å². The van der Waals surface area contributed by atoms with Crippen LogP contribution in [0.25, 0.3) is 11.0 Å². The minimum Gasteiger partial charge on any atom is -0.475 e. The molecule has 14 heteroatoms. The highest BCUT2D eigenvalue weighted by Gasteiger charge is 2.57. The van der Waals surface area contributed by atoms with Gasteiger partial charge in [-0.2, -0.15) is 26.3 Å². The molecule has 1 spiro atoms. The van der Waals surface area contributed by atoms with Crippen LogP contribution in [-0.4, -0.2) is 69.5 Å². The van der Waals surface area contributed by atoms with E-state index in [9.17, 15) is 30.7 Å². The molecule has 0 saturated heterocycles. The molecule has 196 valence electrons. The molecule has 1 unspecified atom stereocenters. The fraction of sp³-hybridized carbons (Fsp3) is 0.571. The van der Waals surface area contributed by atoms with E-state index in [-0.39, 0.29) is 5.82 Å². The molecule has 3 N–H and O–H groups in total. The Kier molecular flexibility index (Phi) is 8.74. The van der Waals surface area contributed by atoms with Crippen molar-refractivity contribution in [1.82, 2.24) is 14.9 Å². The topological polar surface area (TPSA) is 107 Å². The van der Waals surface area contributed by atoms with Gasteiger partial charge in [0.05, 0.1) is 11.0 Å². The zero-order chi connectivity index (χ0) is 26.6. The number of hydrogen-bond acceptors (Lipinski definition) is 4. The van der Waals surface area contributed by atoms with Gasteiger partial charge in [0.2, 0.25) is 0 Å². The molecule has 4 rings (SSSR count). The monoisotopic (exact) mass is 515 g/mol. The van der Waals surface area contributed by atoms with E-state index < -0.39 is 24.3 Å². The van der Waals surface area contributed by atoms with Crippen LogP contribution >= 0.6 is 0 Å². The Bertz CT molecular complexity index is 1010. The molecule has 1 aromatic carbocycles. The third-order valence-corrected chi connectivity index (χ3v) is 5.95. The second-order valence-corrected chi connectivity index (χ2v) is 8.58. The van der Waals surface area contributed by atoms with E-state index in [1.807, 2.05) is 0 Å². The summed E-state index contributed by atoms with van der Waals surface area (Å²) in [7, 11) is 2.20. The van der Waals surface area contributed by atoms with Gasteiger partial charge in [-0.1, -0.05) is 6.42 Å². The molecular formula is C21H24F7N3O4. The van der Waals surface area contributed by atoms with E-state index in [1.165, 1.54) is 44.4 Å². The van der Waals surface area contributed by atoms with Gasteiger partial charge in [-0.05, 0) is 55.8 Å². The number of likely N-dealkylation sites (N-methyl/N-ethyl adjacent to an activating group) is 1. The molecule has 1 aromatic heterocycles. The van der Waals surface area contributed by atoms with Crippen LogP contribution in [0, 0.1) is 17.2 Å². The van der Waals surface area contributed by atoms with Crippen LogP contribution < -0.4 is 0 Å². The number of rotatable bonds is 5. The zero-order valence-corrected chi connectivity index (χ0v) is 18.5. The van der Waals surface area contributed by atoms with Crippen molar-refractivity contribution in [1.29, 1.82) is 0 Å². The Balaban J connectivity index is 0.000000257. The Hall–Kier alpha value is -2.90. The molecule has 2 aromatic rings. The van der Waals surface area contributed by atoms with Crippen molar-refractivity contribution >= 4 is 23.0 Å². The summed E-state index contributed by atoms with van der Waals surface area (Å²) in [4.78, 5) is 28.0. The van der Waals surface area contributed by atoms with E-state index >= 15 is 0 Å². The average Bonchev–Trinajstić information content (AvgIpc) is 3.28. The number of carboxylic acid groups (broad SMARTS) is 2. The normalized spacial score (nSPS) is 18.3. The lowest BCUT2D eigenvalue weighted by Crippen LogP contribution is -2.27. The number of aliphatic carboxylic acids is 2. The minimum absolute atomic E-state index is 0.214. The number of aromatic amines is 1. The van der Waals surface area contributed by atoms with Gasteiger partial charge >= 0.3 is 24.3 Å². The molecular weight excluding hydrogens is 491 g/mol. The molecule has 35 heavy (non-hydrogen) atoms. The fourth-order valence-corrected chi connectivity index (χ4v) is 3.85. The molecule has 2 aliphatic rings. The SMILES string of the molecule is CN(CCc1nc2ccc(F)cc2[nH]1)CC1CC12CCC2.O=C(O)C(F)(F)F.O=C(O)C(F)(F)F. The Labute approximate surface area is 194 Å². The van der Waals surface area contributed by atoms with Gasteiger partial charge in [-0.25, -0.2) is 19.0 Å². The number of halogens is 7. The second kappa shape index (κ2) is 10.8. The van der Waals surface area contributed by atoms with Gasteiger partial charge in [0.25, 0.3) is 0 Å². The summed E-state index contributed by atoms with van der Waals surface area (Å²) in [6.07, 6.45) is -3.47. The number of fused-ring (bicyclic) bond motifs is 1. The van der Waals surface area contributed by atoms with Crippen molar-refractivity contribution in [2.75, 3.05) is 20.1 Å². The predicted octanol–water partition coefficient (Wildman–Crippen LogP) is 4.63. The van der Waals surface area contributed by atoms with E-state index in [4.69, 9.17) is 19.8 Å². The largest absolute Gasteiger partial charge is 0.490 e. The molecule has 0 radical (unpaired) electrons. The first-order chi connectivity index (χ1) is 16.0. The van der Waals surface area contributed by atoms with Gasteiger partial charge in [0.1, 0.15) is 11.6 Å². The lowest BCUT2D eigenvalue weighted by atomic mass is 9.80. The van der Waals surface area contributed by atoms with Crippen molar-refractivity contribution in [3.05, 3.63) is 29.8 Å². The van der Waals surface area contributed by atoms with Crippen LogP contribution in [0.2, 0.25) is 0 Å². The van der Waals surface area contributed by atoms with Crippen LogP contribution in [0.15, 0.2) is 18.2 Å². The third kappa shape index (κ3) is 8.37. The van der Waals surface area contributed by atoms with Gasteiger partial charge < -0.3 is 20.1 Å². The predicted molar refractivity (Wildman–Crippen MR) is 109 cm³/mol. The van der Waals surface area contributed by atoms with Crippen molar-refractivity contribution in [3.8, 4) is 0 Å². The summed E-state index contributed by atoms with van der Waals surface area (Å²) in [6.45, 7) is 2.23. The van der Waals surface area contributed by atoms with Gasteiger partial charge in [0.15, 0.2) is 0 Å². The number of nitrogens with zero attached hydrogens (tertiary/aromatic N) is 2. The Morgan fingerprint density at radius 3 is 2.09 bits per heavy atom. The van der Waals surface area contributed by atoms with Crippen LogP contribution in [-0.2, 0) is 16.0 Å². The van der Waals surface area contributed by atoms with Crippen LogP contribution in [0.4, 0.5) is 30.7 Å². The van der Waals surface area contributed by atoms with Crippen LogP contribution in [0.3, 0.4) is 0 Å². The summed E-state index contributed by atoms with van der Waals surface area (Å²) < 4.78 is 76.6. The lowest BCUT2D eigenvalue weighted by molar-refractivity contribution is -0.193. The minimum atomic E-state index is -5.08. The van der Waals surface area contributed by atoms with Crippen molar-refractivity contribution in [2.45, 2.75) is 44.5 Å². The maximum absolute atomic E-state index is 13.2. The number of carbonyl (C=O) groups is 2. The highest BCUT2D eigenvalue weighted by Crippen LogP contribution is 2.65. The molecule has 1 atom stereocenters.